The van der Waals surface area contributed by atoms with Gasteiger partial charge in [0.2, 0.25) is 0 Å². The number of rotatable bonds is 4. The molecular weight excluding hydrogens is 302 g/mol. The Morgan fingerprint density at radius 1 is 1.13 bits per heavy atom. The van der Waals surface area contributed by atoms with Gasteiger partial charge in [-0.15, -0.1) is 0 Å². The minimum atomic E-state index is -0.922. The number of nitrogens with one attached hydrogen (secondary N) is 2. The average Bonchev–Trinajstić information content (AvgIpc) is 2.62. The number of carbonyl (C=O) groups excluding carboxylic acids is 2. The Bertz CT molecular complexity index is 761. The van der Waals surface area contributed by atoms with Crippen LogP contribution in [-0.2, 0) is 4.79 Å². The summed E-state index contributed by atoms with van der Waals surface area (Å²) in [6.07, 6.45) is 1.17. The molecule has 0 saturated carbocycles. The molecule has 2 aromatic rings. The lowest BCUT2D eigenvalue weighted by Gasteiger charge is -2.09. The summed E-state index contributed by atoms with van der Waals surface area (Å²) in [4.78, 5) is 31.7. The van der Waals surface area contributed by atoms with E-state index in [9.17, 15) is 9.59 Å². The lowest BCUT2D eigenvalue weighted by Crippen LogP contribution is -2.39. The van der Waals surface area contributed by atoms with Gasteiger partial charge in [-0.2, -0.15) is 0 Å². The third kappa shape index (κ3) is 3.28. The van der Waals surface area contributed by atoms with E-state index in [1.165, 1.54) is 6.20 Å². The molecule has 0 aliphatic rings. The Morgan fingerprint density at radius 3 is 2.39 bits per heavy atom. The first-order valence-corrected chi connectivity index (χ1v) is 6.29. The number of benzene rings is 1. The van der Waals surface area contributed by atoms with Gasteiger partial charge in [0.05, 0.1) is 5.56 Å². The van der Waals surface area contributed by atoms with Crippen molar-refractivity contribution >= 4 is 17.5 Å². The molecule has 2 rings (SSSR count). The van der Waals surface area contributed by atoms with Gasteiger partial charge in [0.15, 0.2) is 11.5 Å². The molecule has 1 aromatic carbocycles. The molecule has 0 bridgehead atoms. The van der Waals surface area contributed by atoms with E-state index >= 15 is 0 Å². The number of hydrogen-bond donors (Lipinski definition) is 5. The number of nitrogen functional groups attached to an aromatic ring is 1. The van der Waals surface area contributed by atoms with Gasteiger partial charge in [0.25, 0.3) is 11.8 Å². The van der Waals surface area contributed by atoms with Gasteiger partial charge in [0, 0.05) is 11.8 Å². The van der Waals surface area contributed by atoms with E-state index in [1.54, 1.807) is 29.7 Å². The summed E-state index contributed by atoms with van der Waals surface area (Å²) >= 11 is 0. The Morgan fingerprint density at radius 2 is 1.83 bits per heavy atom. The van der Waals surface area contributed by atoms with Crippen molar-refractivity contribution in [2.24, 2.45) is 16.8 Å². The Kier molecular flexibility index (Phi) is 4.92. The normalized spacial score (nSPS) is 11.0. The van der Waals surface area contributed by atoms with Crippen LogP contribution in [0.5, 0.6) is 0 Å². The van der Waals surface area contributed by atoms with Crippen molar-refractivity contribution < 1.29 is 14.8 Å². The maximum atomic E-state index is 11.9. The van der Waals surface area contributed by atoms with Gasteiger partial charge >= 0.3 is 0 Å². The highest BCUT2D eigenvalue weighted by Gasteiger charge is 2.23. The number of amides is 2. The number of hydrogen-bond acceptors (Lipinski definition) is 8. The quantitative estimate of drug-likeness (QED) is 0.157. The summed E-state index contributed by atoms with van der Waals surface area (Å²) in [7, 11) is 0. The van der Waals surface area contributed by atoms with Crippen LogP contribution in [-0.4, -0.2) is 32.7 Å². The predicted molar refractivity (Wildman–Crippen MR) is 79.8 cm³/mol. The number of nitrogens with zero attached hydrogens (tertiary/aromatic N) is 3. The van der Waals surface area contributed by atoms with Crippen molar-refractivity contribution in [2.45, 2.75) is 0 Å². The van der Waals surface area contributed by atoms with Gasteiger partial charge in [-0.25, -0.2) is 21.7 Å². The molecule has 23 heavy (non-hydrogen) atoms. The van der Waals surface area contributed by atoms with Gasteiger partial charge in [-0.1, -0.05) is 35.5 Å². The highest BCUT2D eigenvalue weighted by Crippen LogP contribution is 2.16. The van der Waals surface area contributed by atoms with Crippen LogP contribution in [0.25, 0.3) is 11.4 Å². The molecule has 0 unspecified atom stereocenters. The number of hydrazine groups is 2. The Hall–Kier alpha value is -3.37. The van der Waals surface area contributed by atoms with Crippen LogP contribution in [0.2, 0.25) is 0 Å². The van der Waals surface area contributed by atoms with Crippen molar-refractivity contribution in [3.05, 3.63) is 47.8 Å². The molecule has 10 nitrogen and oxygen atoms in total. The zero-order valence-electron chi connectivity index (χ0n) is 11.7. The van der Waals surface area contributed by atoms with Crippen molar-refractivity contribution in [1.29, 1.82) is 0 Å². The van der Waals surface area contributed by atoms with Crippen LogP contribution in [0.4, 0.5) is 0 Å². The molecule has 10 heteroatoms. The minimum Gasteiger partial charge on any atom is -0.410 e. The number of aromatic nitrogens is 2. The van der Waals surface area contributed by atoms with Crippen LogP contribution < -0.4 is 22.5 Å². The van der Waals surface area contributed by atoms with Crippen molar-refractivity contribution in [2.75, 3.05) is 0 Å². The van der Waals surface area contributed by atoms with E-state index in [1.807, 2.05) is 11.5 Å². The molecule has 0 radical (unpaired) electrons. The van der Waals surface area contributed by atoms with Crippen molar-refractivity contribution in [1.82, 2.24) is 20.8 Å². The molecule has 7 N–H and O–H groups in total. The number of carbonyl (C=O) groups is 2. The lowest BCUT2D eigenvalue weighted by atomic mass is 10.1. The van der Waals surface area contributed by atoms with Crippen molar-refractivity contribution in [3.8, 4) is 11.4 Å². The van der Waals surface area contributed by atoms with Crippen molar-refractivity contribution in [3.63, 3.8) is 0 Å². The van der Waals surface area contributed by atoms with E-state index in [4.69, 9.17) is 16.9 Å². The maximum Gasteiger partial charge on any atom is 0.287 e. The molecule has 118 valence electrons. The summed E-state index contributed by atoms with van der Waals surface area (Å²) in [6, 6.07) is 8.85. The van der Waals surface area contributed by atoms with Gasteiger partial charge < -0.3 is 5.21 Å². The molecule has 2 amide bonds. The molecule has 0 saturated heterocycles. The number of oxime groups is 1. The Balaban J connectivity index is 2.60. The standard InChI is InChI=1S/C13H13N7O3/c14-18-12(21)9-8(10(20-23)13(22)19-15)6-16-11(17-9)7-4-2-1-3-5-7/h1-6,23H,14-15H2,(H,18,21)(H,19,22)/b20-10-. The minimum absolute atomic E-state index is 0.127. The van der Waals surface area contributed by atoms with Crippen LogP contribution >= 0.6 is 0 Å². The van der Waals surface area contributed by atoms with Crippen LogP contribution in [0.15, 0.2) is 41.7 Å². The second-order valence-corrected chi connectivity index (χ2v) is 4.22. The summed E-state index contributed by atoms with van der Waals surface area (Å²) in [5, 5.41) is 11.8. The first-order valence-electron chi connectivity index (χ1n) is 6.29. The molecule has 1 heterocycles. The molecular formula is C13H13N7O3. The second kappa shape index (κ2) is 7.06. The maximum absolute atomic E-state index is 11.9. The van der Waals surface area contributed by atoms with E-state index in [2.05, 4.69) is 15.1 Å². The fourth-order valence-corrected chi connectivity index (χ4v) is 1.81. The third-order valence-electron chi connectivity index (χ3n) is 2.87. The molecule has 0 aliphatic carbocycles. The third-order valence-corrected chi connectivity index (χ3v) is 2.87. The van der Waals surface area contributed by atoms with Gasteiger partial charge in [0.1, 0.15) is 5.69 Å². The van der Waals surface area contributed by atoms with E-state index < -0.39 is 17.5 Å². The molecule has 1 aromatic heterocycles. The summed E-state index contributed by atoms with van der Waals surface area (Å²) in [5.41, 5.74) is 3.47. The average molecular weight is 315 g/mol. The zero-order valence-corrected chi connectivity index (χ0v) is 11.7. The zero-order chi connectivity index (χ0) is 16.8. The smallest absolute Gasteiger partial charge is 0.287 e. The van der Waals surface area contributed by atoms with Crippen LogP contribution in [0.3, 0.4) is 0 Å². The fraction of sp³-hybridized carbons (Fsp3) is 0. The first-order chi connectivity index (χ1) is 11.1. The monoisotopic (exact) mass is 315 g/mol. The highest BCUT2D eigenvalue weighted by atomic mass is 16.4. The van der Waals surface area contributed by atoms with Crippen LogP contribution in [0, 0.1) is 0 Å². The summed E-state index contributed by atoms with van der Waals surface area (Å²) in [6.45, 7) is 0. The SMILES string of the molecule is NNC(=O)/C(=N\O)c1cnc(-c2ccccc2)nc1C(=O)NN. The van der Waals surface area contributed by atoms with Crippen LogP contribution in [0.1, 0.15) is 16.1 Å². The van der Waals surface area contributed by atoms with E-state index in [0.717, 1.165) is 0 Å². The molecule has 0 aliphatic heterocycles. The molecule has 0 spiro atoms. The summed E-state index contributed by atoms with van der Waals surface area (Å²) < 4.78 is 0. The lowest BCUT2D eigenvalue weighted by molar-refractivity contribution is -0.114. The second-order valence-electron chi connectivity index (χ2n) is 4.22. The molecule has 0 atom stereocenters. The fourth-order valence-electron chi connectivity index (χ4n) is 1.81. The molecule has 0 fully saturated rings. The predicted octanol–water partition coefficient (Wildman–Crippen LogP) is -1.08. The largest absolute Gasteiger partial charge is 0.410 e. The topological polar surface area (TPSA) is 169 Å². The number of nitrogens with two attached hydrogens (primary N) is 2. The highest BCUT2D eigenvalue weighted by molar-refractivity contribution is 6.46. The van der Waals surface area contributed by atoms with Gasteiger partial charge in [-0.05, 0) is 0 Å². The summed E-state index contributed by atoms with van der Waals surface area (Å²) in [5.74, 6) is 8.66. The van der Waals surface area contributed by atoms with Gasteiger partial charge in [-0.3, -0.25) is 20.4 Å². The first kappa shape index (κ1) is 16.0. The van der Waals surface area contributed by atoms with E-state index in [0.29, 0.717) is 5.56 Å². The van der Waals surface area contributed by atoms with E-state index in [-0.39, 0.29) is 17.1 Å². The Labute approximate surface area is 130 Å².